The Morgan fingerprint density at radius 2 is 1.79 bits per heavy atom. The quantitative estimate of drug-likeness (QED) is 0.759. The molecule has 4 saturated carbocycles. The van der Waals surface area contributed by atoms with Gasteiger partial charge in [-0.15, -0.1) is 0 Å². The maximum absolute atomic E-state index is 13.0. The highest BCUT2D eigenvalue weighted by atomic mass is 32.2. The number of nitrogens with one attached hydrogen (secondary N) is 1. The zero-order valence-electron chi connectivity index (χ0n) is 16.7. The van der Waals surface area contributed by atoms with Crippen molar-refractivity contribution in [1.82, 2.24) is 5.32 Å². The molecule has 7 nitrogen and oxygen atoms in total. The highest BCUT2D eigenvalue weighted by Crippen LogP contribution is 2.58. The molecular formula is C21H27N3O4S. The molecule has 0 aliphatic heterocycles. The highest BCUT2D eigenvalue weighted by Gasteiger charge is 2.60. The van der Waals surface area contributed by atoms with Crippen LogP contribution in [-0.4, -0.2) is 30.7 Å². The van der Waals surface area contributed by atoms with Gasteiger partial charge < -0.3 is 10.1 Å². The van der Waals surface area contributed by atoms with Crippen molar-refractivity contribution in [3.8, 4) is 11.8 Å². The van der Waals surface area contributed by atoms with Crippen molar-refractivity contribution in [2.24, 2.45) is 22.9 Å². The minimum absolute atomic E-state index is 0.0437. The number of hydrogen-bond acceptors (Lipinski definition) is 5. The van der Waals surface area contributed by atoms with E-state index in [-0.39, 0.29) is 23.8 Å². The van der Waals surface area contributed by atoms with E-state index in [1.807, 2.05) is 0 Å². The molecule has 5 rings (SSSR count). The number of nitriles is 1. The van der Waals surface area contributed by atoms with Gasteiger partial charge in [-0.1, -0.05) is 0 Å². The van der Waals surface area contributed by atoms with E-state index in [1.54, 1.807) is 38.1 Å². The Morgan fingerprint density at radius 1 is 1.21 bits per heavy atom. The van der Waals surface area contributed by atoms with E-state index in [1.165, 1.54) is 0 Å². The zero-order chi connectivity index (χ0) is 21.0. The third kappa shape index (κ3) is 3.51. The number of amides is 1. The topological polar surface area (TPSA) is 122 Å². The molecule has 2 atom stereocenters. The summed E-state index contributed by atoms with van der Waals surface area (Å²) < 4.78 is 29.6. The minimum Gasteiger partial charge on any atom is -0.478 e. The van der Waals surface area contributed by atoms with Crippen molar-refractivity contribution in [3.63, 3.8) is 0 Å². The van der Waals surface area contributed by atoms with Gasteiger partial charge in [0, 0.05) is 6.04 Å². The van der Waals surface area contributed by atoms with Gasteiger partial charge in [0.25, 0.3) is 5.91 Å². The molecule has 4 fully saturated rings. The van der Waals surface area contributed by atoms with Crippen LogP contribution in [0.15, 0.2) is 24.3 Å². The van der Waals surface area contributed by atoms with Gasteiger partial charge >= 0.3 is 0 Å². The fourth-order valence-electron chi connectivity index (χ4n) is 5.80. The molecule has 4 bridgehead atoms. The van der Waals surface area contributed by atoms with Crippen molar-refractivity contribution in [2.75, 3.05) is 0 Å². The van der Waals surface area contributed by atoms with Crippen LogP contribution >= 0.6 is 0 Å². The van der Waals surface area contributed by atoms with E-state index >= 15 is 0 Å². The average Bonchev–Trinajstić information content (AvgIpc) is 2.63. The predicted molar refractivity (Wildman–Crippen MR) is 107 cm³/mol. The van der Waals surface area contributed by atoms with Gasteiger partial charge in [-0.05, 0) is 88.0 Å². The third-order valence-corrected chi connectivity index (χ3v) is 8.73. The molecule has 0 heterocycles. The molecule has 0 saturated heterocycles. The highest BCUT2D eigenvalue weighted by molar-refractivity contribution is 7.90. The molecule has 0 spiro atoms. The number of benzene rings is 1. The Hall–Kier alpha value is -2.11. The summed E-state index contributed by atoms with van der Waals surface area (Å²) >= 11 is 0. The number of carbonyl (C=O) groups excluding carboxylic acids is 1. The number of carbonyl (C=O) groups is 1. The summed E-state index contributed by atoms with van der Waals surface area (Å²) in [4.78, 5) is 13.0. The molecule has 0 aromatic heterocycles. The summed E-state index contributed by atoms with van der Waals surface area (Å²) in [5, 5.41) is 17.7. The van der Waals surface area contributed by atoms with Crippen LogP contribution in [0.4, 0.5) is 0 Å². The summed E-state index contributed by atoms with van der Waals surface area (Å²) in [5.74, 6) is 0.941. The molecule has 29 heavy (non-hydrogen) atoms. The molecule has 3 N–H and O–H groups in total. The van der Waals surface area contributed by atoms with Gasteiger partial charge in [0.05, 0.1) is 16.4 Å². The van der Waals surface area contributed by atoms with Crippen LogP contribution in [0.25, 0.3) is 0 Å². The summed E-state index contributed by atoms with van der Waals surface area (Å²) in [6.45, 7) is 3.42. The van der Waals surface area contributed by atoms with Gasteiger partial charge in [-0.2, -0.15) is 5.26 Å². The van der Waals surface area contributed by atoms with Gasteiger partial charge in [0.2, 0.25) is 10.0 Å². The summed E-state index contributed by atoms with van der Waals surface area (Å²) in [7, 11) is -3.61. The van der Waals surface area contributed by atoms with Crippen molar-refractivity contribution < 1.29 is 17.9 Å². The Morgan fingerprint density at radius 3 is 2.31 bits per heavy atom. The summed E-state index contributed by atoms with van der Waals surface area (Å²) in [5.41, 5.74) is -0.572. The van der Waals surface area contributed by atoms with E-state index in [4.69, 9.17) is 15.1 Å². The largest absolute Gasteiger partial charge is 0.478 e. The van der Waals surface area contributed by atoms with Crippen molar-refractivity contribution >= 4 is 15.9 Å². The smallest absolute Gasteiger partial charge is 0.263 e. The van der Waals surface area contributed by atoms with E-state index in [9.17, 15) is 13.2 Å². The molecule has 156 valence electrons. The first-order valence-electron chi connectivity index (χ1n) is 10.1. The van der Waals surface area contributed by atoms with Gasteiger partial charge in [-0.25, -0.2) is 13.6 Å². The van der Waals surface area contributed by atoms with E-state index < -0.39 is 20.4 Å². The number of rotatable bonds is 5. The minimum atomic E-state index is -3.61. The number of nitrogens with two attached hydrogens (primary N) is 1. The standard InChI is InChI=1S/C21H27N3O4S/c1-20(2,28-17-5-3-13(12-22)4-6-17)19(25)24-18-15-7-14-8-16(18)11-21(9-14,10-15)29(23,26)27/h3-6,14-16,18H,7-11H2,1-2H3,(H,24,25)(H2,23,26,27). The lowest BCUT2D eigenvalue weighted by atomic mass is 9.53. The SMILES string of the molecule is CC(C)(Oc1ccc(C#N)cc1)C(=O)NC1C2CC3CC1CC(S(N)(=O)=O)(C3)C2. The lowest BCUT2D eigenvalue weighted by molar-refractivity contribution is -0.137. The molecular weight excluding hydrogens is 390 g/mol. The molecule has 1 amide bonds. The van der Waals surface area contributed by atoms with Crippen LogP contribution in [0, 0.1) is 29.1 Å². The molecule has 8 heteroatoms. The first-order chi connectivity index (χ1) is 13.5. The molecule has 2 unspecified atom stereocenters. The summed E-state index contributed by atoms with van der Waals surface area (Å²) in [6, 6.07) is 8.65. The van der Waals surface area contributed by atoms with Crippen LogP contribution < -0.4 is 15.2 Å². The van der Waals surface area contributed by atoms with Crippen LogP contribution in [-0.2, 0) is 14.8 Å². The molecule has 1 aromatic rings. The second kappa shape index (κ2) is 6.71. The van der Waals surface area contributed by atoms with Crippen LogP contribution in [0.5, 0.6) is 5.75 Å². The van der Waals surface area contributed by atoms with Gasteiger partial charge in [-0.3, -0.25) is 4.79 Å². The monoisotopic (exact) mass is 417 g/mol. The lowest BCUT2D eigenvalue weighted by Gasteiger charge is -2.59. The van der Waals surface area contributed by atoms with Crippen molar-refractivity contribution in [2.45, 2.75) is 62.3 Å². The Kier molecular flexibility index (Phi) is 4.67. The van der Waals surface area contributed by atoms with Crippen molar-refractivity contribution in [1.29, 1.82) is 5.26 Å². The second-order valence-electron chi connectivity index (χ2n) is 9.45. The zero-order valence-corrected chi connectivity index (χ0v) is 17.5. The first kappa shape index (κ1) is 20.2. The number of nitrogens with zero attached hydrogens (tertiary/aromatic N) is 1. The fraction of sp³-hybridized carbons (Fsp3) is 0.619. The number of sulfonamides is 1. The van der Waals surface area contributed by atoms with Gasteiger partial charge in [0.15, 0.2) is 5.60 Å². The summed E-state index contributed by atoms with van der Waals surface area (Å²) in [6.07, 6.45) is 3.60. The van der Waals surface area contributed by atoms with Crippen LogP contribution in [0.3, 0.4) is 0 Å². The molecule has 4 aliphatic rings. The van der Waals surface area contributed by atoms with Gasteiger partial charge in [0.1, 0.15) is 5.75 Å². The maximum Gasteiger partial charge on any atom is 0.263 e. The number of ether oxygens (including phenoxy) is 1. The molecule has 0 radical (unpaired) electrons. The number of hydrogen-bond donors (Lipinski definition) is 2. The Labute approximate surface area is 171 Å². The molecule has 4 aliphatic carbocycles. The third-order valence-electron chi connectivity index (χ3n) is 7.02. The van der Waals surface area contributed by atoms with Crippen LogP contribution in [0.1, 0.15) is 51.5 Å². The number of primary sulfonamides is 1. The molecule has 1 aromatic carbocycles. The van der Waals surface area contributed by atoms with Crippen molar-refractivity contribution in [3.05, 3.63) is 29.8 Å². The van der Waals surface area contributed by atoms with E-state index in [2.05, 4.69) is 11.4 Å². The first-order valence-corrected chi connectivity index (χ1v) is 11.6. The lowest BCUT2D eigenvalue weighted by Crippen LogP contribution is -2.66. The Balaban J connectivity index is 1.46. The maximum atomic E-state index is 13.0. The van der Waals surface area contributed by atoms with E-state index in [0.29, 0.717) is 36.5 Å². The van der Waals surface area contributed by atoms with E-state index in [0.717, 1.165) is 12.8 Å². The Bertz CT molecular complexity index is 949. The average molecular weight is 418 g/mol. The normalized spacial score (nSPS) is 33.2. The predicted octanol–water partition coefficient (Wildman–Crippen LogP) is 2.07. The fourth-order valence-corrected chi connectivity index (χ4v) is 7.16. The van der Waals surface area contributed by atoms with Crippen LogP contribution in [0.2, 0.25) is 0 Å². The second-order valence-corrected chi connectivity index (χ2v) is 11.4.